The molecule has 0 atom stereocenters. The molecule has 1 fully saturated rings. The van der Waals surface area contributed by atoms with Crippen LogP contribution in [-0.4, -0.2) is 43.5 Å². The van der Waals surface area contributed by atoms with Crippen molar-refractivity contribution in [3.63, 3.8) is 0 Å². The van der Waals surface area contributed by atoms with Gasteiger partial charge in [0, 0.05) is 13.0 Å². The van der Waals surface area contributed by atoms with Gasteiger partial charge in [0.05, 0.1) is 18.8 Å². The van der Waals surface area contributed by atoms with Crippen molar-refractivity contribution in [2.75, 3.05) is 18.8 Å². The lowest BCUT2D eigenvalue weighted by Gasteiger charge is -2.25. The van der Waals surface area contributed by atoms with E-state index >= 15 is 0 Å². The molecule has 0 amide bonds. The van der Waals surface area contributed by atoms with E-state index in [1.807, 2.05) is 6.07 Å². The maximum atomic E-state index is 11.5. The van der Waals surface area contributed by atoms with E-state index in [-0.39, 0.29) is 12.4 Å². The Morgan fingerprint density at radius 3 is 3.05 bits per heavy atom. The van der Waals surface area contributed by atoms with Gasteiger partial charge >= 0.3 is 0 Å². The topological polar surface area (TPSA) is 96.8 Å². The summed E-state index contributed by atoms with van der Waals surface area (Å²) in [7, 11) is 0. The Kier molecular flexibility index (Phi) is 3.37. The minimum atomic E-state index is -0.123. The number of Topliss-reactive ketones (excluding diaryl/α,β-unsaturated/α-hetero) is 1. The molecule has 20 heavy (non-hydrogen) atoms. The van der Waals surface area contributed by atoms with Gasteiger partial charge in [0.1, 0.15) is 17.6 Å². The highest BCUT2D eigenvalue weighted by Crippen LogP contribution is 2.21. The summed E-state index contributed by atoms with van der Waals surface area (Å²) in [5.41, 5.74) is 8.16. The van der Waals surface area contributed by atoms with E-state index < -0.39 is 0 Å². The molecule has 3 rings (SSSR count). The molecule has 2 aromatic rings. The first-order valence-electron chi connectivity index (χ1n) is 6.64. The van der Waals surface area contributed by atoms with Gasteiger partial charge in [0.25, 0.3) is 0 Å². The first-order valence-corrected chi connectivity index (χ1v) is 6.64. The number of nitrogens with two attached hydrogens (primary N) is 1. The molecule has 1 aliphatic heterocycles. The van der Waals surface area contributed by atoms with Crippen molar-refractivity contribution in [1.82, 2.24) is 19.5 Å². The van der Waals surface area contributed by atoms with Gasteiger partial charge in [0.2, 0.25) is 0 Å². The maximum Gasteiger partial charge on any atom is 0.151 e. The van der Waals surface area contributed by atoms with Crippen LogP contribution in [-0.2, 0) is 17.9 Å². The predicted octanol–water partition coefficient (Wildman–Crippen LogP) is -0.0313. The first-order chi connectivity index (χ1) is 9.69. The van der Waals surface area contributed by atoms with E-state index in [1.54, 1.807) is 4.52 Å². The highest BCUT2D eigenvalue weighted by Gasteiger charge is 2.20. The summed E-state index contributed by atoms with van der Waals surface area (Å²) in [5, 5.41) is 13.7. The Labute approximate surface area is 116 Å². The second-order valence-corrected chi connectivity index (χ2v) is 5.07. The van der Waals surface area contributed by atoms with Gasteiger partial charge in [-0.1, -0.05) is 0 Å². The zero-order valence-electron chi connectivity index (χ0n) is 11.1. The van der Waals surface area contributed by atoms with E-state index in [0.717, 1.165) is 18.5 Å². The average molecular weight is 275 g/mol. The highest BCUT2D eigenvalue weighted by atomic mass is 16.3. The summed E-state index contributed by atoms with van der Waals surface area (Å²) in [6.07, 6.45) is 2.93. The predicted molar refractivity (Wildman–Crippen MR) is 72.8 cm³/mol. The summed E-state index contributed by atoms with van der Waals surface area (Å²) in [6.45, 7) is 1.86. The summed E-state index contributed by atoms with van der Waals surface area (Å²) < 4.78 is 1.61. The molecule has 0 unspecified atom stereocenters. The third-order valence-electron chi connectivity index (χ3n) is 3.67. The van der Waals surface area contributed by atoms with Crippen LogP contribution in [0.2, 0.25) is 0 Å². The molecule has 7 heteroatoms. The van der Waals surface area contributed by atoms with E-state index in [4.69, 9.17) is 5.73 Å². The molecule has 0 spiro atoms. The van der Waals surface area contributed by atoms with Gasteiger partial charge in [0.15, 0.2) is 5.82 Å². The van der Waals surface area contributed by atoms with E-state index in [2.05, 4.69) is 15.0 Å². The molecule has 1 aliphatic rings. The number of aromatic nitrogens is 3. The van der Waals surface area contributed by atoms with E-state index in [1.165, 1.54) is 6.33 Å². The van der Waals surface area contributed by atoms with Crippen molar-refractivity contribution in [3.05, 3.63) is 23.7 Å². The molecule has 3 N–H and O–H groups in total. The lowest BCUT2D eigenvalue weighted by molar-refractivity contribution is -0.122. The summed E-state index contributed by atoms with van der Waals surface area (Å²) in [4.78, 5) is 17.5. The fourth-order valence-electron chi connectivity index (χ4n) is 2.70. The van der Waals surface area contributed by atoms with Crippen molar-refractivity contribution in [2.24, 2.45) is 0 Å². The number of rotatable bonds is 3. The normalized spacial score (nSPS) is 16.9. The van der Waals surface area contributed by atoms with Crippen LogP contribution in [0.5, 0.6) is 0 Å². The maximum absolute atomic E-state index is 11.5. The van der Waals surface area contributed by atoms with Crippen LogP contribution in [0.3, 0.4) is 0 Å². The first kappa shape index (κ1) is 13.0. The Balaban J connectivity index is 1.94. The monoisotopic (exact) mass is 275 g/mol. The van der Waals surface area contributed by atoms with Crippen molar-refractivity contribution in [1.29, 1.82) is 0 Å². The van der Waals surface area contributed by atoms with Crippen molar-refractivity contribution in [2.45, 2.75) is 26.0 Å². The third-order valence-corrected chi connectivity index (χ3v) is 3.67. The molecular formula is C13H17N5O2. The molecule has 0 radical (unpaired) electrons. The fourth-order valence-corrected chi connectivity index (χ4v) is 2.70. The Hall–Kier alpha value is -1.99. The molecule has 0 aliphatic carbocycles. The number of nitrogen functional groups attached to an aromatic ring is 1. The fraction of sp³-hybridized carbons (Fsp3) is 0.462. The van der Waals surface area contributed by atoms with E-state index in [0.29, 0.717) is 36.5 Å². The van der Waals surface area contributed by atoms with Crippen LogP contribution in [0.1, 0.15) is 24.1 Å². The molecule has 106 valence electrons. The number of likely N-dealkylation sites (tertiary alicyclic amines) is 1. The number of carbonyl (C=O) groups is 1. The lowest BCUT2D eigenvalue weighted by Crippen LogP contribution is -2.35. The lowest BCUT2D eigenvalue weighted by atomic mass is 10.1. The number of fused-ring (bicyclic) bond motifs is 1. The van der Waals surface area contributed by atoms with Crippen LogP contribution < -0.4 is 5.73 Å². The van der Waals surface area contributed by atoms with Gasteiger partial charge in [-0.05, 0) is 24.6 Å². The standard InChI is InChI=1S/C13H17N5O2/c14-13-11-4-9(5-17-3-1-2-10(20)6-17)12(7-19)18(11)16-8-15-13/h4,8,19H,1-3,5-7H2,(H2,14,15,16). The second-order valence-electron chi connectivity index (χ2n) is 5.07. The van der Waals surface area contributed by atoms with Crippen molar-refractivity contribution in [3.8, 4) is 0 Å². The van der Waals surface area contributed by atoms with Crippen LogP contribution in [0.15, 0.2) is 12.4 Å². The second kappa shape index (κ2) is 5.18. The molecule has 0 aromatic carbocycles. The number of anilines is 1. The zero-order valence-corrected chi connectivity index (χ0v) is 11.1. The molecular weight excluding hydrogens is 258 g/mol. The molecule has 2 aromatic heterocycles. The molecule has 0 saturated carbocycles. The van der Waals surface area contributed by atoms with Gasteiger partial charge in [-0.25, -0.2) is 9.50 Å². The zero-order chi connectivity index (χ0) is 14.1. The van der Waals surface area contributed by atoms with Crippen LogP contribution >= 0.6 is 0 Å². The minimum Gasteiger partial charge on any atom is -0.390 e. The average Bonchev–Trinajstić information content (AvgIpc) is 2.77. The minimum absolute atomic E-state index is 0.123. The number of aliphatic hydroxyl groups excluding tert-OH is 1. The highest BCUT2D eigenvalue weighted by molar-refractivity contribution is 5.81. The third kappa shape index (κ3) is 2.25. The number of ketones is 1. The summed E-state index contributed by atoms with van der Waals surface area (Å²) in [6, 6.07) is 1.89. The molecule has 0 bridgehead atoms. The number of hydrogen-bond acceptors (Lipinski definition) is 6. The molecule has 3 heterocycles. The van der Waals surface area contributed by atoms with Gasteiger partial charge < -0.3 is 10.8 Å². The van der Waals surface area contributed by atoms with Crippen LogP contribution in [0.4, 0.5) is 5.82 Å². The number of nitrogens with zero attached hydrogens (tertiary/aromatic N) is 4. The van der Waals surface area contributed by atoms with Gasteiger partial charge in [-0.3, -0.25) is 9.69 Å². The summed E-state index contributed by atoms with van der Waals surface area (Å²) >= 11 is 0. The number of aliphatic hydroxyl groups is 1. The number of carbonyl (C=O) groups excluding carboxylic acids is 1. The van der Waals surface area contributed by atoms with Crippen molar-refractivity contribution >= 4 is 17.1 Å². The van der Waals surface area contributed by atoms with Gasteiger partial charge in [-0.15, -0.1) is 0 Å². The van der Waals surface area contributed by atoms with Crippen LogP contribution in [0, 0.1) is 0 Å². The number of piperidine rings is 1. The van der Waals surface area contributed by atoms with E-state index in [9.17, 15) is 9.90 Å². The Morgan fingerprint density at radius 2 is 2.30 bits per heavy atom. The van der Waals surface area contributed by atoms with Crippen molar-refractivity contribution < 1.29 is 9.90 Å². The largest absolute Gasteiger partial charge is 0.390 e. The van der Waals surface area contributed by atoms with Crippen LogP contribution in [0.25, 0.3) is 5.52 Å². The SMILES string of the molecule is Nc1ncnn2c(CO)c(CN3CCCC(=O)C3)cc12. The number of hydrogen-bond donors (Lipinski definition) is 2. The van der Waals surface area contributed by atoms with Gasteiger partial charge in [-0.2, -0.15) is 5.10 Å². The Bertz CT molecular complexity index is 651. The molecule has 1 saturated heterocycles. The Morgan fingerprint density at radius 1 is 1.45 bits per heavy atom. The summed E-state index contributed by atoms with van der Waals surface area (Å²) in [5.74, 6) is 0.653. The molecule has 7 nitrogen and oxygen atoms in total. The quantitative estimate of drug-likeness (QED) is 0.816. The smallest absolute Gasteiger partial charge is 0.151 e.